The van der Waals surface area contributed by atoms with Crippen molar-refractivity contribution in [3.05, 3.63) is 58.9 Å². The van der Waals surface area contributed by atoms with E-state index in [0.717, 1.165) is 22.7 Å². The SMILES string of the molecule is CC(C)[Si](OCC1C(OCOCC[Si](C)(C)C)c2cc3c(cc2C(c2ccc(F)cc2)C1C(=O)N1CCOC1=O)OCO3)(C(C)C)C(C)C. The predicted octanol–water partition coefficient (Wildman–Crippen LogP) is 8.47. The van der Waals surface area contributed by atoms with Gasteiger partial charge in [-0.25, -0.2) is 14.1 Å². The molecule has 1 aliphatic carbocycles. The number of rotatable bonds is 14. The van der Waals surface area contributed by atoms with Gasteiger partial charge in [-0.1, -0.05) is 73.3 Å². The largest absolute Gasteiger partial charge is 0.454 e. The maximum atomic E-state index is 14.8. The molecule has 0 bridgehead atoms. The molecule has 0 radical (unpaired) electrons. The smallest absolute Gasteiger partial charge is 0.416 e. The lowest BCUT2D eigenvalue weighted by atomic mass is 9.64. The summed E-state index contributed by atoms with van der Waals surface area (Å²) in [6.45, 7) is 21.5. The van der Waals surface area contributed by atoms with E-state index in [-0.39, 0.29) is 45.1 Å². The summed E-state index contributed by atoms with van der Waals surface area (Å²) in [5.74, 6) is -1.51. The Balaban J connectivity index is 1.67. The van der Waals surface area contributed by atoms with E-state index >= 15 is 0 Å². The number of carbonyl (C=O) groups is 2. The fourth-order valence-corrected chi connectivity index (χ4v) is 14.4. The van der Waals surface area contributed by atoms with Crippen LogP contribution in [-0.2, 0) is 23.4 Å². The molecule has 1 fully saturated rings. The normalized spacial score (nSPS) is 22.3. The first kappa shape index (κ1) is 37.5. The van der Waals surface area contributed by atoms with E-state index < -0.39 is 46.3 Å². The maximum Gasteiger partial charge on any atom is 0.416 e. The molecule has 4 unspecified atom stereocenters. The Morgan fingerprint density at radius 2 is 1.55 bits per heavy atom. The van der Waals surface area contributed by atoms with Crippen molar-refractivity contribution < 1.29 is 42.1 Å². The lowest BCUT2D eigenvalue weighted by molar-refractivity contribution is -0.149. The van der Waals surface area contributed by atoms with E-state index in [0.29, 0.717) is 34.7 Å². The average Bonchev–Trinajstić information content (AvgIpc) is 3.67. The van der Waals surface area contributed by atoms with Crippen molar-refractivity contribution in [2.75, 3.05) is 40.0 Å². The van der Waals surface area contributed by atoms with Gasteiger partial charge < -0.3 is 28.1 Å². The van der Waals surface area contributed by atoms with Gasteiger partial charge in [-0.05, 0) is 63.6 Å². The molecule has 1 saturated heterocycles. The summed E-state index contributed by atoms with van der Waals surface area (Å²) in [7, 11) is -3.77. The third-order valence-corrected chi connectivity index (χ3v) is 18.3. The first-order valence-corrected chi connectivity index (χ1v) is 23.5. The monoisotopic (exact) mass is 715 g/mol. The topological polar surface area (TPSA) is 92.8 Å². The van der Waals surface area contributed by atoms with Crippen molar-refractivity contribution in [1.82, 2.24) is 4.90 Å². The number of carbonyl (C=O) groups excluding carboxylic acids is 2. The van der Waals surface area contributed by atoms with Crippen molar-refractivity contribution in [2.24, 2.45) is 11.8 Å². The number of cyclic esters (lactones) is 1. The zero-order valence-electron chi connectivity index (χ0n) is 30.5. The van der Waals surface area contributed by atoms with Crippen LogP contribution in [0.1, 0.15) is 70.3 Å². The second-order valence-corrected chi connectivity index (χ2v) is 26.8. The third kappa shape index (κ3) is 7.78. The number of fused-ring (bicyclic) bond motifs is 2. The molecular formula is C37H54FNO8Si2. The van der Waals surface area contributed by atoms with E-state index in [9.17, 15) is 14.0 Å². The van der Waals surface area contributed by atoms with Crippen LogP contribution in [0.3, 0.4) is 0 Å². The Bertz CT molecular complexity index is 1460. The molecule has 0 saturated carbocycles. The average molecular weight is 716 g/mol. The van der Waals surface area contributed by atoms with Crippen LogP contribution in [0.25, 0.3) is 0 Å². The fourth-order valence-electron chi connectivity index (χ4n) is 8.21. The zero-order valence-corrected chi connectivity index (χ0v) is 32.5. The minimum absolute atomic E-state index is 0.0223. The summed E-state index contributed by atoms with van der Waals surface area (Å²) in [5, 5.41) is 0. The van der Waals surface area contributed by atoms with Crippen LogP contribution in [0.4, 0.5) is 9.18 Å². The highest BCUT2D eigenvalue weighted by atomic mass is 28.4. The number of nitrogens with zero attached hydrogens (tertiary/aromatic N) is 1. The lowest BCUT2D eigenvalue weighted by Crippen LogP contribution is -2.52. The van der Waals surface area contributed by atoms with Gasteiger partial charge in [-0.3, -0.25) is 4.79 Å². The fraction of sp³-hybridized carbons (Fsp3) is 0.622. The molecule has 3 aliphatic rings. The zero-order chi connectivity index (χ0) is 35.7. The van der Waals surface area contributed by atoms with E-state index in [4.69, 9.17) is 28.1 Å². The molecule has 0 spiro atoms. The van der Waals surface area contributed by atoms with Crippen LogP contribution in [0.2, 0.25) is 42.3 Å². The van der Waals surface area contributed by atoms with Crippen molar-refractivity contribution >= 4 is 28.4 Å². The molecular weight excluding hydrogens is 662 g/mol. The van der Waals surface area contributed by atoms with E-state index in [2.05, 4.69) is 61.2 Å². The molecule has 12 heteroatoms. The Morgan fingerprint density at radius 1 is 0.939 bits per heavy atom. The number of hydrogen-bond donors (Lipinski definition) is 0. The number of amides is 2. The maximum absolute atomic E-state index is 14.8. The standard InChI is InChI=1S/C37H54FNO8Si2/c1-23(2)49(24(3)4,25(5)6)47-20-30-34(36(40)39-14-15-43-37(39)41)33(26-10-12-27(38)13-11-26)28-18-31-32(45-22-44-31)19-29(28)35(30)46-21-42-16-17-48(7,8)9/h10-13,18-19,23-25,30,33-35H,14-17,20-22H2,1-9H3. The van der Waals surface area contributed by atoms with Crippen molar-refractivity contribution in [3.8, 4) is 11.5 Å². The van der Waals surface area contributed by atoms with Crippen LogP contribution >= 0.6 is 0 Å². The first-order chi connectivity index (χ1) is 23.2. The molecule has 2 aromatic rings. The molecule has 0 aromatic heterocycles. The molecule has 4 atom stereocenters. The number of halogens is 1. The minimum Gasteiger partial charge on any atom is -0.454 e. The first-order valence-electron chi connectivity index (χ1n) is 17.7. The number of benzene rings is 2. The second-order valence-electron chi connectivity index (χ2n) is 15.7. The summed E-state index contributed by atoms with van der Waals surface area (Å²) in [5.41, 5.74) is 3.28. The quantitative estimate of drug-likeness (QED) is 0.109. The summed E-state index contributed by atoms with van der Waals surface area (Å²) in [6.07, 6.45) is -1.31. The van der Waals surface area contributed by atoms with E-state index in [1.807, 2.05) is 12.1 Å². The van der Waals surface area contributed by atoms with Crippen molar-refractivity contribution in [3.63, 3.8) is 0 Å². The molecule has 5 rings (SSSR count). The van der Waals surface area contributed by atoms with Gasteiger partial charge in [0, 0.05) is 33.1 Å². The highest BCUT2D eigenvalue weighted by molar-refractivity contribution is 6.77. The lowest BCUT2D eigenvalue weighted by Gasteiger charge is -2.47. The number of ether oxygens (including phenoxy) is 5. The molecule has 270 valence electrons. The minimum atomic E-state index is -2.43. The molecule has 2 aromatic carbocycles. The Hall–Kier alpha value is -2.78. The third-order valence-electron chi connectivity index (χ3n) is 10.5. The van der Waals surface area contributed by atoms with Gasteiger partial charge in [0.15, 0.2) is 19.8 Å². The Morgan fingerprint density at radius 3 is 2.10 bits per heavy atom. The van der Waals surface area contributed by atoms with Crippen molar-refractivity contribution in [2.45, 2.75) is 95.9 Å². The highest BCUT2D eigenvalue weighted by Crippen LogP contribution is 2.55. The van der Waals surface area contributed by atoms with Crippen LogP contribution in [-0.4, -0.2) is 73.2 Å². The van der Waals surface area contributed by atoms with Gasteiger partial charge in [0.2, 0.25) is 12.7 Å². The molecule has 2 heterocycles. The highest BCUT2D eigenvalue weighted by Gasteiger charge is 2.53. The van der Waals surface area contributed by atoms with Crippen LogP contribution < -0.4 is 9.47 Å². The number of imide groups is 1. The summed E-state index contributed by atoms with van der Waals surface area (Å²) in [4.78, 5) is 29.0. The second kappa shape index (κ2) is 15.2. The molecule has 9 nitrogen and oxygen atoms in total. The summed E-state index contributed by atoms with van der Waals surface area (Å²) in [6, 6.07) is 11.1. The molecule has 2 aliphatic heterocycles. The predicted molar refractivity (Wildman–Crippen MR) is 191 cm³/mol. The van der Waals surface area contributed by atoms with E-state index in [1.54, 1.807) is 12.1 Å². The van der Waals surface area contributed by atoms with Crippen LogP contribution in [0.15, 0.2) is 36.4 Å². The van der Waals surface area contributed by atoms with Gasteiger partial charge in [0.1, 0.15) is 19.2 Å². The Kier molecular flexibility index (Phi) is 11.6. The molecule has 0 N–H and O–H groups in total. The van der Waals surface area contributed by atoms with Crippen LogP contribution in [0.5, 0.6) is 11.5 Å². The van der Waals surface area contributed by atoms with Gasteiger partial charge in [-0.2, -0.15) is 0 Å². The van der Waals surface area contributed by atoms with Gasteiger partial charge in [-0.15, -0.1) is 0 Å². The molecule has 49 heavy (non-hydrogen) atoms. The van der Waals surface area contributed by atoms with Crippen LogP contribution in [0, 0.1) is 17.7 Å². The van der Waals surface area contributed by atoms with Gasteiger partial charge in [0.25, 0.3) is 0 Å². The van der Waals surface area contributed by atoms with Crippen molar-refractivity contribution in [1.29, 1.82) is 0 Å². The number of hydrogen-bond acceptors (Lipinski definition) is 8. The van der Waals surface area contributed by atoms with E-state index in [1.165, 1.54) is 17.0 Å². The Labute approximate surface area is 292 Å². The summed E-state index contributed by atoms with van der Waals surface area (Å²) < 4.78 is 51.3. The summed E-state index contributed by atoms with van der Waals surface area (Å²) >= 11 is 0. The van der Waals surface area contributed by atoms with Gasteiger partial charge in [0.05, 0.1) is 18.6 Å². The van der Waals surface area contributed by atoms with Gasteiger partial charge >= 0.3 is 6.09 Å². The molecule has 2 amide bonds.